The number of halogens is 2. The molecule has 3 amide bonds. The first-order chi connectivity index (χ1) is 17.3. The van der Waals surface area contributed by atoms with Crippen LogP contribution in [0.15, 0.2) is 44.4 Å². The summed E-state index contributed by atoms with van der Waals surface area (Å²) >= 11 is 6.83. The lowest BCUT2D eigenvalue weighted by molar-refractivity contribution is -0.139. The van der Waals surface area contributed by atoms with Crippen LogP contribution in [-0.4, -0.2) is 56.9 Å². The maximum atomic E-state index is 12.3. The molecule has 0 spiro atoms. The fraction of sp³-hybridized carbons (Fsp3) is 0.333. The number of hydrogen-bond acceptors (Lipinski definition) is 7. The second kappa shape index (κ2) is 13.4. The van der Waals surface area contributed by atoms with Gasteiger partial charge in [-0.1, -0.05) is 15.9 Å². The van der Waals surface area contributed by atoms with E-state index in [1.54, 1.807) is 18.2 Å². The number of hydrazone groups is 1. The molecule has 2 aromatic rings. The number of hydrogen-bond donors (Lipinski definition) is 3. The molecular weight excluding hydrogens is 600 g/mol. The highest BCUT2D eigenvalue weighted by Crippen LogP contribution is 2.36. The minimum atomic E-state index is -0.887. The molecule has 0 radical (unpaired) electrons. The number of aryl methyl sites for hydroxylation is 1. The first-order valence-corrected chi connectivity index (χ1v) is 12.6. The van der Waals surface area contributed by atoms with Gasteiger partial charge < -0.3 is 24.8 Å². The number of benzene rings is 2. The fourth-order valence-corrected chi connectivity index (χ4v) is 4.14. The van der Waals surface area contributed by atoms with Crippen LogP contribution >= 0.6 is 31.9 Å². The molecule has 192 valence electrons. The van der Waals surface area contributed by atoms with E-state index in [0.717, 1.165) is 22.9 Å². The average molecular weight is 626 g/mol. The van der Waals surface area contributed by atoms with Crippen molar-refractivity contribution in [1.82, 2.24) is 10.7 Å². The number of amides is 3. The number of carbonyl (C=O) groups excluding carboxylic acids is 3. The van der Waals surface area contributed by atoms with Crippen LogP contribution in [0.5, 0.6) is 11.5 Å². The lowest BCUT2D eigenvalue weighted by Crippen LogP contribution is -2.41. The molecule has 10 nitrogen and oxygen atoms in total. The van der Waals surface area contributed by atoms with Gasteiger partial charge in [0.2, 0.25) is 0 Å². The molecule has 2 aromatic carbocycles. The topological polar surface area (TPSA) is 127 Å². The van der Waals surface area contributed by atoms with Crippen molar-refractivity contribution in [3.05, 3.63) is 50.4 Å². The van der Waals surface area contributed by atoms with Crippen molar-refractivity contribution in [3.63, 3.8) is 0 Å². The van der Waals surface area contributed by atoms with Crippen LogP contribution in [0.25, 0.3) is 0 Å². The van der Waals surface area contributed by atoms with Gasteiger partial charge in [0.25, 0.3) is 5.91 Å². The molecule has 0 aliphatic carbocycles. The van der Waals surface area contributed by atoms with Crippen molar-refractivity contribution in [3.8, 4) is 11.5 Å². The van der Waals surface area contributed by atoms with Crippen molar-refractivity contribution in [2.75, 3.05) is 32.2 Å². The Balaban J connectivity index is 1.53. The van der Waals surface area contributed by atoms with Crippen LogP contribution in [0, 0.1) is 6.92 Å². The minimum Gasteiger partial charge on any atom is -0.493 e. The van der Waals surface area contributed by atoms with Crippen LogP contribution in [0.1, 0.15) is 24.0 Å². The summed E-state index contributed by atoms with van der Waals surface area (Å²) in [6, 6.07) is 8.77. The molecule has 0 saturated carbocycles. The summed E-state index contributed by atoms with van der Waals surface area (Å²) in [5.74, 6) is -1.34. The number of ether oxygens (including phenoxy) is 3. The van der Waals surface area contributed by atoms with Gasteiger partial charge in [-0.05, 0) is 77.2 Å². The van der Waals surface area contributed by atoms with E-state index in [1.807, 2.05) is 19.1 Å². The quantitative estimate of drug-likeness (QED) is 0.223. The van der Waals surface area contributed by atoms with Gasteiger partial charge in [0, 0.05) is 23.3 Å². The van der Waals surface area contributed by atoms with E-state index in [1.165, 1.54) is 13.3 Å². The van der Waals surface area contributed by atoms with Crippen molar-refractivity contribution < 1.29 is 28.6 Å². The summed E-state index contributed by atoms with van der Waals surface area (Å²) in [4.78, 5) is 36.1. The zero-order valence-corrected chi connectivity index (χ0v) is 22.9. The molecule has 3 N–H and O–H groups in total. The molecule has 3 rings (SSSR count). The number of methoxy groups -OCH3 is 1. The summed E-state index contributed by atoms with van der Waals surface area (Å²) in [5, 5.41) is 9.12. The van der Waals surface area contributed by atoms with Crippen molar-refractivity contribution in [2.24, 2.45) is 5.10 Å². The molecule has 0 aromatic heterocycles. The van der Waals surface area contributed by atoms with Gasteiger partial charge in [-0.3, -0.25) is 14.4 Å². The number of nitrogens with one attached hydrogen (secondary N) is 3. The maximum absolute atomic E-state index is 12.3. The largest absolute Gasteiger partial charge is 0.493 e. The molecule has 1 heterocycles. The van der Waals surface area contributed by atoms with Crippen molar-refractivity contribution in [2.45, 2.75) is 25.9 Å². The Labute approximate surface area is 225 Å². The third-order valence-electron chi connectivity index (χ3n) is 5.14. The summed E-state index contributed by atoms with van der Waals surface area (Å²) in [6.07, 6.45) is 3.09. The first-order valence-electron chi connectivity index (χ1n) is 11.1. The lowest BCUT2D eigenvalue weighted by Gasteiger charge is -2.14. The SMILES string of the molecule is COc1cc(/C=N\NC(=O)C(=O)NC[C@H]2CCCO2)cc(Br)c1OCC(=O)Nc1ccc(Br)c(C)c1. The molecule has 1 atom stereocenters. The second-order valence-corrected chi connectivity index (χ2v) is 9.59. The van der Waals surface area contributed by atoms with Gasteiger partial charge in [0.1, 0.15) is 0 Å². The summed E-state index contributed by atoms with van der Waals surface area (Å²) < 4.78 is 17.9. The monoisotopic (exact) mass is 624 g/mol. The van der Waals surface area contributed by atoms with E-state index in [-0.39, 0.29) is 25.2 Å². The highest BCUT2D eigenvalue weighted by molar-refractivity contribution is 9.10. The Kier molecular flexibility index (Phi) is 10.3. The Bertz CT molecular complexity index is 1150. The van der Waals surface area contributed by atoms with Crippen molar-refractivity contribution in [1.29, 1.82) is 0 Å². The normalized spacial score (nSPS) is 14.9. The number of anilines is 1. The maximum Gasteiger partial charge on any atom is 0.329 e. The molecule has 12 heteroatoms. The summed E-state index contributed by atoms with van der Waals surface area (Å²) in [6.45, 7) is 2.63. The predicted octanol–water partition coefficient (Wildman–Crippen LogP) is 3.29. The van der Waals surface area contributed by atoms with Crippen molar-refractivity contribution >= 4 is 61.5 Å². The smallest absolute Gasteiger partial charge is 0.329 e. The summed E-state index contributed by atoms with van der Waals surface area (Å²) in [5.41, 5.74) is 4.39. The minimum absolute atomic E-state index is 0.0631. The molecule has 0 bridgehead atoms. The Morgan fingerprint density at radius 3 is 2.67 bits per heavy atom. The van der Waals surface area contributed by atoms with E-state index in [9.17, 15) is 14.4 Å². The van der Waals surface area contributed by atoms with E-state index in [0.29, 0.717) is 33.8 Å². The summed E-state index contributed by atoms with van der Waals surface area (Å²) in [7, 11) is 1.46. The average Bonchev–Trinajstić information content (AvgIpc) is 3.37. The van der Waals surface area contributed by atoms with Gasteiger partial charge in [0.05, 0.1) is 23.9 Å². The highest BCUT2D eigenvalue weighted by Gasteiger charge is 2.19. The Morgan fingerprint density at radius 2 is 1.97 bits per heavy atom. The molecule has 1 aliphatic rings. The van der Waals surface area contributed by atoms with Crippen LogP contribution in [0.4, 0.5) is 5.69 Å². The predicted molar refractivity (Wildman–Crippen MR) is 141 cm³/mol. The highest BCUT2D eigenvalue weighted by atomic mass is 79.9. The zero-order chi connectivity index (χ0) is 26.1. The molecule has 0 unspecified atom stereocenters. The first kappa shape index (κ1) is 27.6. The van der Waals surface area contributed by atoms with E-state index in [2.05, 4.69) is 53.0 Å². The lowest BCUT2D eigenvalue weighted by atomic mass is 10.2. The number of rotatable bonds is 9. The third kappa shape index (κ3) is 8.04. The van der Waals surface area contributed by atoms with Gasteiger partial charge in [-0.15, -0.1) is 0 Å². The number of nitrogens with zero attached hydrogens (tertiary/aromatic N) is 1. The fourth-order valence-electron chi connectivity index (χ4n) is 3.32. The number of carbonyl (C=O) groups is 3. The van der Waals surface area contributed by atoms with Crippen LogP contribution < -0.4 is 25.5 Å². The Hall–Kier alpha value is -2.96. The van der Waals surface area contributed by atoms with Gasteiger partial charge >= 0.3 is 11.8 Å². The molecule has 1 saturated heterocycles. The van der Waals surface area contributed by atoms with Crippen LogP contribution in [0.3, 0.4) is 0 Å². The molecule has 1 fully saturated rings. The molecule has 1 aliphatic heterocycles. The van der Waals surface area contributed by atoms with E-state index < -0.39 is 11.8 Å². The van der Waals surface area contributed by atoms with Gasteiger partial charge in [-0.25, -0.2) is 5.43 Å². The third-order valence-corrected chi connectivity index (χ3v) is 6.62. The Morgan fingerprint density at radius 1 is 1.17 bits per heavy atom. The second-order valence-electron chi connectivity index (χ2n) is 7.88. The van der Waals surface area contributed by atoms with Crippen LogP contribution in [-0.2, 0) is 19.1 Å². The van der Waals surface area contributed by atoms with Gasteiger partial charge in [0.15, 0.2) is 18.1 Å². The van der Waals surface area contributed by atoms with Crippen LogP contribution in [0.2, 0.25) is 0 Å². The zero-order valence-electron chi connectivity index (χ0n) is 19.7. The molecule has 36 heavy (non-hydrogen) atoms. The van der Waals surface area contributed by atoms with E-state index in [4.69, 9.17) is 14.2 Å². The van der Waals surface area contributed by atoms with Gasteiger partial charge in [-0.2, -0.15) is 5.10 Å². The molecular formula is C24H26Br2N4O6. The van der Waals surface area contributed by atoms with E-state index >= 15 is 0 Å². The standard InChI is InChI=1S/C24H26Br2N4O6/c1-14-8-16(5-6-18(14)25)29-21(31)13-36-22-19(26)9-15(10-20(22)34-2)11-28-30-24(33)23(32)27-12-17-4-3-7-35-17/h5-6,8-11,17H,3-4,7,12-13H2,1-2H3,(H,27,32)(H,29,31)(H,30,33)/b28-11-/t17-/m1/s1.